The van der Waals surface area contributed by atoms with Crippen LogP contribution in [0, 0.1) is 0 Å². The summed E-state index contributed by atoms with van der Waals surface area (Å²) in [5.74, 6) is 0.815. The van der Waals surface area contributed by atoms with E-state index in [-0.39, 0.29) is 5.91 Å². The Hall–Kier alpha value is -0.960. The van der Waals surface area contributed by atoms with Gasteiger partial charge in [0.1, 0.15) is 5.69 Å². The number of carbonyl (C=O) groups is 1. The number of hydrogen-bond donors (Lipinski definition) is 0. The SMILES string of the molecule is O=C1c2cccn2C2CCCCC2N1CCCCl. The molecule has 3 nitrogen and oxygen atoms in total. The topological polar surface area (TPSA) is 25.2 Å². The zero-order valence-electron chi connectivity index (χ0n) is 10.5. The van der Waals surface area contributed by atoms with Gasteiger partial charge in [-0.1, -0.05) is 12.8 Å². The Labute approximate surface area is 113 Å². The van der Waals surface area contributed by atoms with Gasteiger partial charge in [0.15, 0.2) is 0 Å². The van der Waals surface area contributed by atoms with Crippen molar-refractivity contribution in [1.29, 1.82) is 0 Å². The predicted octanol–water partition coefficient (Wildman–Crippen LogP) is 3.06. The van der Waals surface area contributed by atoms with E-state index in [1.54, 1.807) is 0 Å². The van der Waals surface area contributed by atoms with Crippen LogP contribution in [0.4, 0.5) is 0 Å². The van der Waals surface area contributed by atoms with Crippen molar-refractivity contribution in [2.24, 2.45) is 0 Å². The Kier molecular flexibility index (Phi) is 3.33. The summed E-state index contributed by atoms with van der Waals surface area (Å²) in [4.78, 5) is 14.6. The van der Waals surface area contributed by atoms with Gasteiger partial charge in [-0.3, -0.25) is 4.79 Å². The van der Waals surface area contributed by atoms with E-state index in [0.717, 1.165) is 25.1 Å². The highest BCUT2D eigenvalue weighted by molar-refractivity contribution is 6.17. The van der Waals surface area contributed by atoms with Crippen LogP contribution in [0.25, 0.3) is 0 Å². The number of nitrogens with zero attached hydrogens (tertiary/aromatic N) is 2. The Morgan fingerprint density at radius 2 is 2.06 bits per heavy atom. The first-order chi connectivity index (χ1) is 8.83. The van der Waals surface area contributed by atoms with Crippen molar-refractivity contribution in [3.8, 4) is 0 Å². The molecule has 2 aliphatic rings. The monoisotopic (exact) mass is 266 g/mol. The lowest BCUT2D eigenvalue weighted by atomic mass is 9.87. The number of halogens is 1. The fourth-order valence-electron chi connectivity index (χ4n) is 3.44. The fourth-order valence-corrected chi connectivity index (χ4v) is 3.56. The molecule has 0 saturated heterocycles. The normalized spacial score (nSPS) is 26.9. The van der Waals surface area contributed by atoms with Crippen molar-refractivity contribution < 1.29 is 4.79 Å². The number of hydrogen-bond acceptors (Lipinski definition) is 1. The van der Waals surface area contributed by atoms with E-state index >= 15 is 0 Å². The highest BCUT2D eigenvalue weighted by Gasteiger charge is 2.39. The van der Waals surface area contributed by atoms with Gasteiger partial charge in [-0.2, -0.15) is 0 Å². The van der Waals surface area contributed by atoms with Gasteiger partial charge in [-0.25, -0.2) is 0 Å². The first kappa shape index (κ1) is 12.1. The van der Waals surface area contributed by atoms with Crippen LogP contribution in [0.3, 0.4) is 0 Å². The molecule has 1 aromatic rings. The second kappa shape index (κ2) is 4.96. The third kappa shape index (κ3) is 1.85. The molecule has 1 aliphatic heterocycles. The molecule has 2 atom stereocenters. The average Bonchev–Trinajstić information content (AvgIpc) is 2.88. The molecule has 1 saturated carbocycles. The Balaban J connectivity index is 1.93. The van der Waals surface area contributed by atoms with Crippen LogP contribution in [-0.2, 0) is 0 Å². The molecule has 1 aliphatic carbocycles. The first-order valence-electron chi connectivity index (χ1n) is 6.86. The van der Waals surface area contributed by atoms with Crippen LogP contribution in [-0.4, -0.2) is 33.8 Å². The van der Waals surface area contributed by atoms with Crippen LogP contribution in [0.15, 0.2) is 18.3 Å². The molecule has 1 fully saturated rings. The molecule has 0 spiro atoms. The number of carbonyl (C=O) groups excluding carboxylic acids is 1. The molecule has 0 radical (unpaired) electrons. The lowest BCUT2D eigenvalue weighted by Gasteiger charge is -2.45. The number of amides is 1. The summed E-state index contributed by atoms with van der Waals surface area (Å²) < 4.78 is 2.20. The highest BCUT2D eigenvalue weighted by Crippen LogP contribution is 2.37. The maximum absolute atomic E-state index is 12.5. The molecule has 4 heteroatoms. The van der Waals surface area contributed by atoms with Crippen LogP contribution in [0.2, 0.25) is 0 Å². The Morgan fingerprint density at radius 3 is 2.83 bits per heavy atom. The van der Waals surface area contributed by atoms with Gasteiger partial charge < -0.3 is 9.47 Å². The zero-order chi connectivity index (χ0) is 12.5. The van der Waals surface area contributed by atoms with Crippen molar-refractivity contribution in [2.45, 2.75) is 44.2 Å². The summed E-state index contributed by atoms with van der Waals surface area (Å²) >= 11 is 5.78. The van der Waals surface area contributed by atoms with Gasteiger partial charge in [0.2, 0.25) is 0 Å². The predicted molar refractivity (Wildman–Crippen MR) is 72.1 cm³/mol. The van der Waals surface area contributed by atoms with E-state index in [0.29, 0.717) is 18.0 Å². The first-order valence-corrected chi connectivity index (χ1v) is 7.40. The number of alkyl halides is 1. The highest BCUT2D eigenvalue weighted by atomic mass is 35.5. The van der Waals surface area contributed by atoms with E-state index in [9.17, 15) is 4.79 Å². The van der Waals surface area contributed by atoms with Gasteiger partial charge in [0, 0.05) is 18.6 Å². The molecule has 0 bridgehead atoms. The van der Waals surface area contributed by atoms with Gasteiger partial charge in [-0.15, -0.1) is 11.6 Å². The maximum Gasteiger partial charge on any atom is 0.270 e. The minimum atomic E-state index is 0.188. The third-order valence-electron chi connectivity index (χ3n) is 4.24. The van der Waals surface area contributed by atoms with Gasteiger partial charge in [0.25, 0.3) is 5.91 Å². The summed E-state index contributed by atoms with van der Waals surface area (Å²) in [6.07, 6.45) is 7.79. The van der Waals surface area contributed by atoms with Crippen molar-refractivity contribution >= 4 is 17.5 Å². The second-order valence-electron chi connectivity index (χ2n) is 5.26. The quantitative estimate of drug-likeness (QED) is 0.772. The number of fused-ring (bicyclic) bond motifs is 3. The Morgan fingerprint density at radius 1 is 1.28 bits per heavy atom. The molecule has 2 heterocycles. The summed E-state index contributed by atoms with van der Waals surface area (Å²) in [5, 5.41) is 0. The van der Waals surface area contributed by atoms with Crippen molar-refractivity contribution in [3.05, 3.63) is 24.0 Å². The summed E-state index contributed by atoms with van der Waals surface area (Å²) in [6.45, 7) is 0.800. The van der Waals surface area contributed by atoms with E-state index in [2.05, 4.69) is 15.7 Å². The molecule has 18 heavy (non-hydrogen) atoms. The van der Waals surface area contributed by atoms with Gasteiger partial charge in [-0.05, 0) is 31.4 Å². The fraction of sp³-hybridized carbons (Fsp3) is 0.643. The molecule has 1 aromatic heterocycles. The second-order valence-corrected chi connectivity index (χ2v) is 5.64. The van der Waals surface area contributed by atoms with Crippen molar-refractivity contribution in [2.75, 3.05) is 12.4 Å². The minimum absolute atomic E-state index is 0.188. The van der Waals surface area contributed by atoms with Crippen LogP contribution >= 0.6 is 11.6 Å². The Bertz CT molecular complexity index is 443. The van der Waals surface area contributed by atoms with E-state index in [4.69, 9.17) is 11.6 Å². The molecule has 3 rings (SSSR count). The smallest absolute Gasteiger partial charge is 0.270 e. The van der Waals surface area contributed by atoms with E-state index in [1.165, 1.54) is 19.3 Å². The van der Waals surface area contributed by atoms with Crippen molar-refractivity contribution in [1.82, 2.24) is 9.47 Å². The molecular formula is C14H19ClN2O. The molecule has 1 amide bonds. The van der Waals surface area contributed by atoms with Crippen molar-refractivity contribution in [3.63, 3.8) is 0 Å². The summed E-state index contributed by atoms with van der Waals surface area (Å²) in [5.41, 5.74) is 0.854. The van der Waals surface area contributed by atoms with Gasteiger partial charge in [0.05, 0.1) is 12.1 Å². The molecular weight excluding hydrogens is 248 g/mol. The average molecular weight is 267 g/mol. The maximum atomic E-state index is 12.5. The minimum Gasteiger partial charge on any atom is -0.338 e. The lowest BCUT2D eigenvalue weighted by molar-refractivity contribution is 0.0439. The lowest BCUT2D eigenvalue weighted by Crippen LogP contribution is -2.52. The largest absolute Gasteiger partial charge is 0.338 e. The van der Waals surface area contributed by atoms with Gasteiger partial charge >= 0.3 is 0 Å². The molecule has 98 valence electrons. The zero-order valence-corrected chi connectivity index (χ0v) is 11.3. The van der Waals surface area contributed by atoms with Crippen LogP contribution in [0.5, 0.6) is 0 Å². The molecule has 0 N–H and O–H groups in total. The standard InChI is InChI=1S/C14H19ClN2O/c15-8-4-10-17-12-6-2-1-5-11(12)16-9-3-7-13(16)14(17)18/h3,7,9,11-12H,1-2,4-6,8,10H2. The summed E-state index contributed by atoms with van der Waals surface area (Å²) in [6, 6.07) is 4.80. The molecule has 0 aromatic carbocycles. The third-order valence-corrected chi connectivity index (χ3v) is 4.51. The number of rotatable bonds is 3. The summed E-state index contributed by atoms with van der Waals surface area (Å²) in [7, 11) is 0. The number of aromatic nitrogens is 1. The van der Waals surface area contributed by atoms with E-state index in [1.807, 2.05) is 12.1 Å². The molecule has 2 unspecified atom stereocenters. The van der Waals surface area contributed by atoms with Crippen LogP contribution in [0.1, 0.15) is 48.6 Å². The van der Waals surface area contributed by atoms with Crippen LogP contribution < -0.4 is 0 Å². The van der Waals surface area contributed by atoms with E-state index < -0.39 is 0 Å².